The van der Waals surface area contributed by atoms with Gasteiger partial charge in [0, 0.05) is 18.7 Å². The Hall–Kier alpha value is -2.02. The minimum absolute atomic E-state index is 0.417. The predicted octanol–water partition coefficient (Wildman–Crippen LogP) is 1.59. The van der Waals surface area contributed by atoms with Crippen LogP contribution in [0.5, 0.6) is 0 Å². The summed E-state index contributed by atoms with van der Waals surface area (Å²) in [5.41, 5.74) is 0.464. The minimum Gasteiger partial charge on any atom is -0.378 e. The summed E-state index contributed by atoms with van der Waals surface area (Å²) in [6.45, 7) is 2.70. The monoisotopic (exact) mass is 266 g/mol. The lowest BCUT2D eigenvalue weighted by molar-refractivity contribution is 0.122. The number of anilines is 1. The van der Waals surface area contributed by atoms with Crippen LogP contribution >= 0.6 is 0 Å². The first-order valence-corrected chi connectivity index (χ1v) is 5.94. The molecule has 1 fully saturated rings. The number of H-pyrrole nitrogens is 1. The van der Waals surface area contributed by atoms with E-state index in [1.54, 1.807) is 0 Å². The maximum absolute atomic E-state index is 13.2. The summed E-state index contributed by atoms with van der Waals surface area (Å²) in [6.07, 6.45) is 0. The molecule has 1 N–H and O–H groups in total. The Kier molecular flexibility index (Phi) is 3.12. The topological polar surface area (TPSA) is 54.0 Å². The fraction of sp³-hybridized carbons (Fsp3) is 0.333. The van der Waals surface area contributed by atoms with Crippen LogP contribution in [0.25, 0.3) is 11.4 Å². The van der Waals surface area contributed by atoms with Crippen molar-refractivity contribution in [1.82, 2.24) is 15.2 Å². The van der Waals surface area contributed by atoms with E-state index in [1.807, 2.05) is 4.90 Å². The van der Waals surface area contributed by atoms with Crippen molar-refractivity contribution in [3.63, 3.8) is 0 Å². The molecule has 100 valence electrons. The van der Waals surface area contributed by atoms with Gasteiger partial charge in [-0.3, -0.25) is 5.10 Å². The standard InChI is InChI=1S/C12H12F2N4O/c13-9-2-1-8(7-10(9)14)11-15-12(17-16-11)18-3-5-19-6-4-18/h1-2,7H,3-6H2,(H,15,16,17). The summed E-state index contributed by atoms with van der Waals surface area (Å²) < 4.78 is 31.3. The quantitative estimate of drug-likeness (QED) is 0.896. The molecule has 3 rings (SSSR count). The lowest BCUT2D eigenvalue weighted by Crippen LogP contribution is -2.36. The van der Waals surface area contributed by atoms with Gasteiger partial charge in [-0.05, 0) is 18.2 Å². The highest BCUT2D eigenvalue weighted by molar-refractivity contribution is 5.56. The van der Waals surface area contributed by atoms with E-state index in [2.05, 4.69) is 15.2 Å². The number of aromatic amines is 1. The first-order valence-electron chi connectivity index (χ1n) is 5.94. The average Bonchev–Trinajstić information content (AvgIpc) is 2.93. The van der Waals surface area contributed by atoms with Crippen LogP contribution < -0.4 is 4.90 Å². The second-order valence-electron chi connectivity index (χ2n) is 4.21. The van der Waals surface area contributed by atoms with E-state index in [0.717, 1.165) is 25.2 Å². The fourth-order valence-corrected chi connectivity index (χ4v) is 1.93. The van der Waals surface area contributed by atoms with Gasteiger partial charge in [0.2, 0.25) is 5.95 Å². The zero-order valence-electron chi connectivity index (χ0n) is 10.1. The third-order valence-corrected chi connectivity index (χ3v) is 2.96. The van der Waals surface area contributed by atoms with Gasteiger partial charge in [0.15, 0.2) is 17.5 Å². The predicted molar refractivity (Wildman–Crippen MR) is 64.8 cm³/mol. The molecular formula is C12H12F2N4O. The van der Waals surface area contributed by atoms with E-state index in [-0.39, 0.29) is 0 Å². The maximum Gasteiger partial charge on any atom is 0.245 e. The number of hydrogen-bond donors (Lipinski definition) is 1. The number of ether oxygens (including phenoxy) is 1. The van der Waals surface area contributed by atoms with Crippen molar-refractivity contribution in [3.05, 3.63) is 29.8 Å². The van der Waals surface area contributed by atoms with Crippen molar-refractivity contribution in [3.8, 4) is 11.4 Å². The molecule has 2 heterocycles. The van der Waals surface area contributed by atoms with Gasteiger partial charge in [-0.25, -0.2) is 8.78 Å². The molecule has 0 amide bonds. The number of nitrogens with one attached hydrogen (secondary N) is 1. The van der Waals surface area contributed by atoms with Crippen molar-refractivity contribution < 1.29 is 13.5 Å². The number of rotatable bonds is 2. The Labute approximate surface area is 108 Å². The normalized spacial score (nSPS) is 15.8. The summed E-state index contributed by atoms with van der Waals surface area (Å²) in [6, 6.07) is 3.63. The Balaban J connectivity index is 1.85. The molecule has 0 radical (unpaired) electrons. The zero-order chi connectivity index (χ0) is 13.2. The van der Waals surface area contributed by atoms with Crippen LogP contribution in [0.3, 0.4) is 0 Å². The van der Waals surface area contributed by atoms with E-state index in [9.17, 15) is 8.78 Å². The molecule has 1 aromatic carbocycles. The van der Waals surface area contributed by atoms with Crippen LogP contribution in [0.4, 0.5) is 14.7 Å². The zero-order valence-corrected chi connectivity index (χ0v) is 10.1. The molecule has 19 heavy (non-hydrogen) atoms. The molecule has 1 aromatic heterocycles. The van der Waals surface area contributed by atoms with Crippen molar-refractivity contribution in [2.75, 3.05) is 31.2 Å². The van der Waals surface area contributed by atoms with Crippen molar-refractivity contribution in [2.45, 2.75) is 0 Å². The minimum atomic E-state index is -0.901. The molecule has 0 spiro atoms. The lowest BCUT2D eigenvalue weighted by Gasteiger charge is -2.25. The van der Waals surface area contributed by atoms with E-state index in [1.165, 1.54) is 6.07 Å². The van der Waals surface area contributed by atoms with E-state index in [0.29, 0.717) is 30.5 Å². The van der Waals surface area contributed by atoms with Gasteiger partial charge in [0.25, 0.3) is 0 Å². The molecule has 0 atom stereocenters. The maximum atomic E-state index is 13.2. The van der Waals surface area contributed by atoms with Crippen molar-refractivity contribution in [2.24, 2.45) is 0 Å². The van der Waals surface area contributed by atoms with Gasteiger partial charge >= 0.3 is 0 Å². The Morgan fingerprint density at radius 2 is 1.95 bits per heavy atom. The summed E-state index contributed by atoms with van der Waals surface area (Å²) >= 11 is 0. The molecule has 1 aliphatic rings. The number of hydrogen-bond acceptors (Lipinski definition) is 4. The molecule has 0 aliphatic carbocycles. The van der Waals surface area contributed by atoms with Crippen LogP contribution in [-0.2, 0) is 4.74 Å². The van der Waals surface area contributed by atoms with Crippen LogP contribution in [0, 0.1) is 11.6 Å². The molecule has 1 aliphatic heterocycles. The molecule has 0 saturated carbocycles. The summed E-state index contributed by atoms with van der Waals surface area (Å²) in [5, 5.41) is 6.82. The summed E-state index contributed by atoms with van der Waals surface area (Å²) in [7, 11) is 0. The highest BCUT2D eigenvalue weighted by atomic mass is 19.2. The number of aromatic nitrogens is 3. The smallest absolute Gasteiger partial charge is 0.245 e. The number of benzene rings is 1. The number of nitrogens with zero attached hydrogens (tertiary/aromatic N) is 3. The number of morpholine rings is 1. The van der Waals surface area contributed by atoms with Gasteiger partial charge in [0.1, 0.15) is 0 Å². The van der Waals surface area contributed by atoms with Crippen molar-refractivity contribution in [1.29, 1.82) is 0 Å². The molecule has 0 unspecified atom stereocenters. The van der Waals surface area contributed by atoms with Gasteiger partial charge in [-0.2, -0.15) is 4.98 Å². The Morgan fingerprint density at radius 3 is 2.68 bits per heavy atom. The van der Waals surface area contributed by atoms with Crippen LogP contribution in [-0.4, -0.2) is 41.5 Å². The molecule has 0 bridgehead atoms. The molecule has 1 saturated heterocycles. The third kappa shape index (κ3) is 2.41. The molecule has 7 heteroatoms. The fourth-order valence-electron chi connectivity index (χ4n) is 1.93. The molecular weight excluding hydrogens is 254 g/mol. The van der Waals surface area contributed by atoms with Crippen LogP contribution in [0.1, 0.15) is 0 Å². The van der Waals surface area contributed by atoms with Crippen LogP contribution in [0.2, 0.25) is 0 Å². The van der Waals surface area contributed by atoms with E-state index in [4.69, 9.17) is 4.74 Å². The third-order valence-electron chi connectivity index (χ3n) is 2.96. The van der Waals surface area contributed by atoms with Crippen LogP contribution in [0.15, 0.2) is 18.2 Å². The van der Waals surface area contributed by atoms with Gasteiger partial charge in [-0.15, -0.1) is 5.10 Å². The van der Waals surface area contributed by atoms with E-state index < -0.39 is 11.6 Å². The van der Waals surface area contributed by atoms with Gasteiger partial charge < -0.3 is 9.64 Å². The lowest BCUT2D eigenvalue weighted by atomic mass is 10.2. The Bertz CT molecular complexity index is 581. The highest BCUT2D eigenvalue weighted by Crippen LogP contribution is 2.20. The Morgan fingerprint density at radius 1 is 1.16 bits per heavy atom. The van der Waals surface area contributed by atoms with Gasteiger partial charge in [0.05, 0.1) is 13.2 Å². The first-order chi connectivity index (χ1) is 9.24. The molecule has 2 aromatic rings. The largest absolute Gasteiger partial charge is 0.378 e. The molecule has 5 nitrogen and oxygen atoms in total. The highest BCUT2D eigenvalue weighted by Gasteiger charge is 2.16. The SMILES string of the molecule is Fc1ccc(-c2nc(N3CCOCC3)n[nH]2)cc1F. The average molecular weight is 266 g/mol. The second kappa shape index (κ2) is 4.93. The van der Waals surface area contributed by atoms with E-state index >= 15 is 0 Å². The summed E-state index contributed by atoms with van der Waals surface area (Å²) in [5.74, 6) is -0.818. The second-order valence-corrected chi connectivity index (χ2v) is 4.21. The summed E-state index contributed by atoms with van der Waals surface area (Å²) in [4.78, 5) is 6.27. The van der Waals surface area contributed by atoms with Gasteiger partial charge in [-0.1, -0.05) is 0 Å². The van der Waals surface area contributed by atoms with Crippen molar-refractivity contribution >= 4 is 5.95 Å². The first kappa shape index (κ1) is 12.0. The number of halogens is 2.